The van der Waals surface area contributed by atoms with E-state index in [1.54, 1.807) is 20.8 Å². The Labute approximate surface area is 139 Å². The average molecular weight is 333 g/mol. The molecule has 0 saturated carbocycles. The molecule has 0 aromatic heterocycles. The van der Waals surface area contributed by atoms with E-state index in [4.69, 9.17) is 4.74 Å². The minimum Gasteiger partial charge on any atom is -0.444 e. The lowest BCUT2D eigenvalue weighted by atomic mass is 10.1. The fourth-order valence-corrected chi connectivity index (χ4v) is 1.73. The predicted octanol–water partition coefficient (Wildman–Crippen LogP) is 3.31. The summed E-state index contributed by atoms with van der Waals surface area (Å²) in [5.74, 6) is -0.569. The van der Waals surface area contributed by atoms with Crippen molar-refractivity contribution in [1.82, 2.24) is 4.90 Å². The summed E-state index contributed by atoms with van der Waals surface area (Å²) in [7, 11) is 1.44. The fourth-order valence-electron chi connectivity index (χ4n) is 1.73. The van der Waals surface area contributed by atoms with Gasteiger partial charge >= 0.3 is 6.09 Å². The molecule has 0 bridgehead atoms. The Hall–Kier alpha value is -3.12. The second kappa shape index (κ2) is 7.43. The summed E-state index contributed by atoms with van der Waals surface area (Å²) in [5, 5.41) is 13.4. The highest BCUT2D eigenvalue weighted by Gasteiger charge is 2.22. The molecule has 0 aliphatic rings. The number of non-ortho nitro benzene ring substituents is 1. The minimum absolute atomic E-state index is 0.0518. The van der Waals surface area contributed by atoms with Crippen molar-refractivity contribution in [3.63, 3.8) is 0 Å². The number of nitro benzene ring substituents is 1. The van der Waals surface area contributed by atoms with E-state index in [-0.39, 0.29) is 16.9 Å². The maximum absolute atomic E-state index is 12.4. The first-order chi connectivity index (χ1) is 11.0. The summed E-state index contributed by atoms with van der Waals surface area (Å²) in [6, 6.07) is 3.55. The van der Waals surface area contributed by atoms with Crippen molar-refractivity contribution in [2.45, 2.75) is 26.4 Å². The highest BCUT2D eigenvalue weighted by molar-refractivity contribution is 6.03. The fraction of sp³-hybridized carbons (Fsp3) is 0.312. The Morgan fingerprint density at radius 3 is 2.54 bits per heavy atom. The number of carbonyl (C=O) groups excluding carboxylic acids is 2. The Morgan fingerprint density at radius 1 is 1.42 bits per heavy atom. The number of ether oxygens (including phenoxy) is 1. The van der Waals surface area contributed by atoms with Crippen LogP contribution in [0.1, 0.15) is 31.1 Å². The van der Waals surface area contributed by atoms with Crippen LogP contribution >= 0.6 is 0 Å². The summed E-state index contributed by atoms with van der Waals surface area (Å²) in [4.78, 5) is 35.8. The summed E-state index contributed by atoms with van der Waals surface area (Å²) < 4.78 is 5.12. The number of benzene rings is 1. The number of nitrogens with zero attached hydrogens (tertiary/aromatic N) is 2. The van der Waals surface area contributed by atoms with Crippen LogP contribution in [0.3, 0.4) is 0 Å². The molecule has 128 valence electrons. The first-order valence-corrected chi connectivity index (χ1v) is 6.96. The van der Waals surface area contributed by atoms with Gasteiger partial charge in [-0.3, -0.25) is 20.2 Å². The highest BCUT2D eigenvalue weighted by Crippen LogP contribution is 2.24. The number of anilines is 1. The van der Waals surface area contributed by atoms with Gasteiger partial charge in [0.15, 0.2) is 0 Å². The Balaban J connectivity index is 3.24. The largest absolute Gasteiger partial charge is 0.444 e. The van der Waals surface area contributed by atoms with Gasteiger partial charge in [-0.2, -0.15) is 0 Å². The molecule has 0 aliphatic heterocycles. The molecular formula is C16H19N3O5. The SMILES string of the molecule is C=C=CN(C)C(=O)c1cc([N+](=O)[O-])ccc1NC(=O)OC(C)(C)C. The summed E-state index contributed by atoms with van der Waals surface area (Å²) in [5.41, 5.74) is 1.48. The molecular weight excluding hydrogens is 314 g/mol. The summed E-state index contributed by atoms with van der Waals surface area (Å²) in [6.07, 6.45) is 0.505. The van der Waals surface area contributed by atoms with Gasteiger partial charge in [0.1, 0.15) is 5.60 Å². The normalized spacial score (nSPS) is 10.3. The molecule has 0 radical (unpaired) electrons. The quantitative estimate of drug-likeness (QED) is 0.517. The van der Waals surface area contributed by atoms with Crippen molar-refractivity contribution in [3.05, 3.63) is 52.4 Å². The van der Waals surface area contributed by atoms with Gasteiger partial charge in [-0.1, -0.05) is 6.58 Å². The molecule has 8 nitrogen and oxygen atoms in total. The molecule has 1 N–H and O–H groups in total. The number of nitrogens with one attached hydrogen (secondary N) is 1. The van der Waals surface area contributed by atoms with Crippen molar-refractivity contribution in [2.24, 2.45) is 0 Å². The number of hydrogen-bond donors (Lipinski definition) is 1. The molecule has 0 saturated heterocycles. The monoisotopic (exact) mass is 333 g/mol. The maximum atomic E-state index is 12.4. The van der Waals surface area contributed by atoms with Crippen LogP contribution in [0.4, 0.5) is 16.2 Å². The molecule has 0 fully saturated rings. The number of carbonyl (C=O) groups is 2. The minimum atomic E-state index is -0.771. The molecule has 0 aliphatic carbocycles. The standard InChI is InChI=1S/C16H19N3O5/c1-6-9-18(5)14(20)12-10-11(19(22)23)7-8-13(12)17-15(21)24-16(2,3)4/h7-10H,1H2,2-5H3,(H,17,21). The van der Waals surface area contributed by atoms with Crippen LogP contribution in [0, 0.1) is 10.1 Å². The number of rotatable bonds is 4. The lowest BCUT2D eigenvalue weighted by Crippen LogP contribution is -2.28. The van der Waals surface area contributed by atoms with Crippen molar-refractivity contribution in [2.75, 3.05) is 12.4 Å². The van der Waals surface area contributed by atoms with Crippen LogP contribution in [0.25, 0.3) is 0 Å². The van der Waals surface area contributed by atoms with Crippen LogP contribution < -0.4 is 5.32 Å². The molecule has 2 amide bonds. The van der Waals surface area contributed by atoms with Gasteiger partial charge in [-0.15, -0.1) is 5.73 Å². The topological polar surface area (TPSA) is 102 Å². The van der Waals surface area contributed by atoms with E-state index in [1.165, 1.54) is 25.4 Å². The van der Waals surface area contributed by atoms with Gasteiger partial charge in [-0.05, 0) is 26.8 Å². The zero-order chi connectivity index (χ0) is 18.5. The summed E-state index contributed by atoms with van der Waals surface area (Å²) >= 11 is 0. The van der Waals surface area contributed by atoms with Crippen LogP contribution in [0.2, 0.25) is 0 Å². The Kier molecular flexibility index (Phi) is 5.86. The maximum Gasteiger partial charge on any atom is 0.412 e. The van der Waals surface area contributed by atoms with E-state index in [1.807, 2.05) is 0 Å². The Bertz CT molecular complexity index is 715. The first-order valence-electron chi connectivity index (χ1n) is 6.96. The van der Waals surface area contributed by atoms with Crippen LogP contribution in [0.15, 0.2) is 36.7 Å². The van der Waals surface area contributed by atoms with Gasteiger partial charge in [0.2, 0.25) is 0 Å². The van der Waals surface area contributed by atoms with E-state index in [2.05, 4.69) is 17.6 Å². The van der Waals surface area contributed by atoms with Crippen molar-refractivity contribution in [3.8, 4) is 0 Å². The van der Waals surface area contributed by atoms with Gasteiger partial charge in [0.05, 0.1) is 16.2 Å². The van der Waals surface area contributed by atoms with Crippen LogP contribution in [-0.4, -0.2) is 34.5 Å². The van der Waals surface area contributed by atoms with E-state index in [0.29, 0.717) is 0 Å². The molecule has 0 heterocycles. The summed E-state index contributed by atoms with van der Waals surface area (Å²) in [6.45, 7) is 8.44. The van der Waals surface area contributed by atoms with E-state index in [9.17, 15) is 19.7 Å². The lowest BCUT2D eigenvalue weighted by Gasteiger charge is -2.20. The predicted molar refractivity (Wildman–Crippen MR) is 88.8 cm³/mol. The number of amides is 2. The van der Waals surface area contributed by atoms with Gasteiger partial charge in [0.25, 0.3) is 11.6 Å². The average Bonchev–Trinajstić information content (AvgIpc) is 2.44. The van der Waals surface area contributed by atoms with Gasteiger partial charge in [-0.25, -0.2) is 4.79 Å². The molecule has 0 spiro atoms. The molecule has 1 rings (SSSR count). The van der Waals surface area contributed by atoms with E-state index < -0.39 is 22.5 Å². The molecule has 1 aromatic rings. The van der Waals surface area contributed by atoms with Crippen molar-refractivity contribution < 1.29 is 19.2 Å². The van der Waals surface area contributed by atoms with Crippen molar-refractivity contribution >= 4 is 23.4 Å². The molecule has 24 heavy (non-hydrogen) atoms. The van der Waals surface area contributed by atoms with Gasteiger partial charge in [0, 0.05) is 25.4 Å². The van der Waals surface area contributed by atoms with Crippen molar-refractivity contribution in [1.29, 1.82) is 0 Å². The second-order valence-corrected chi connectivity index (χ2v) is 5.86. The van der Waals surface area contributed by atoms with E-state index >= 15 is 0 Å². The van der Waals surface area contributed by atoms with E-state index in [0.717, 1.165) is 11.0 Å². The first kappa shape index (κ1) is 18.9. The second-order valence-electron chi connectivity index (χ2n) is 5.86. The third-order valence-corrected chi connectivity index (χ3v) is 2.69. The smallest absolute Gasteiger partial charge is 0.412 e. The molecule has 8 heteroatoms. The molecule has 1 aromatic carbocycles. The Morgan fingerprint density at radius 2 is 2.04 bits per heavy atom. The highest BCUT2D eigenvalue weighted by atomic mass is 16.6. The number of nitro groups is 1. The zero-order valence-electron chi connectivity index (χ0n) is 14.0. The third kappa shape index (κ3) is 5.26. The lowest BCUT2D eigenvalue weighted by molar-refractivity contribution is -0.384. The van der Waals surface area contributed by atoms with Gasteiger partial charge < -0.3 is 9.64 Å². The zero-order valence-corrected chi connectivity index (χ0v) is 14.0. The van der Waals surface area contributed by atoms with Crippen LogP contribution in [0.5, 0.6) is 0 Å². The number of hydrogen-bond acceptors (Lipinski definition) is 5. The van der Waals surface area contributed by atoms with Crippen LogP contribution in [-0.2, 0) is 4.74 Å². The third-order valence-electron chi connectivity index (χ3n) is 2.69. The molecule has 0 unspecified atom stereocenters. The molecule has 0 atom stereocenters.